The number of hydrogen-bond donors (Lipinski definition) is 0. The molecular weight excluding hydrogens is 250 g/mol. The van der Waals surface area contributed by atoms with E-state index in [4.69, 9.17) is 0 Å². The van der Waals surface area contributed by atoms with E-state index in [9.17, 15) is 4.79 Å². The van der Waals surface area contributed by atoms with Crippen molar-refractivity contribution < 1.29 is 4.79 Å². The van der Waals surface area contributed by atoms with E-state index in [-0.39, 0.29) is 5.54 Å². The van der Waals surface area contributed by atoms with Crippen molar-refractivity contribution in [1.29, 1.82) is 0 Å². The van der Waals surface area contributed by atoms with Crippen LogP contribution in [0.5, 0.6) is 0 Å². The van der Waals surface area contributed by atoms with Crippen LogP contribution in [0.25, 0.3) is 0 Å². The lowest BCUT2D eigenvalue weighted by Crippen LogP contribution is -2.53. The summed E-state index contributed by atoms with van der Waals surface area (Å²) in [4.78, 5) is 15.3. The maximum atomic E-state index is 12.9. The largest absolute Gasteiger partial charge is 0.297 e. The van der Waals surface area contributed by atoms with E-state index < -0.39 is 0 Å². The van der Waals surface area contributed by atoms with Gasteiger partial charge in [0.15, 0.2) is 5.78 Å². The second-order valence-corrected chi connectivity index (χ2v) is 5.72. The first-order valence-electron chi connectivity index (χ1n) is 7.96. The molecule has 1 aromatic heterocycles. The molecule has 1 heterocycles. The van der Waals surface area contributed by atoms with Crippen molar-refractivity contribution in [2.75, 3.05) is 13.1 Å². The molecular formula is C16H27N3O. The van der Waals surface area contributed by atoms with E-state index in [0.29, 0.717) is 12.2 Å². The summed E-state index contributed by atoms with van der Waals surface area (Å²) in [6, 6.07) is 0. The molecule has 0 N–H and O–H groups in total. The third-order valence-electron chi connectivity index (χ3n) is 4.69. The Kier molecular flexibility index (Phi) is 4.97. The minimum atomic E-state index is -0.211. The van der Waals surface area contributed by atoms with Gasteiger partial charge >= 0.3 is 0 Å². The Morgan fingerprint density at radius 3 is 2.45 bits per heavy atom. The summed E-state index contributed by atoms with van der Waals surface area (Å²) in [6.45, 7) is 9.15. The van der Waals surface area contributed by atoms with Crippen LogP contribution in [0, 0.1) is 0 Å². The van der Waals surface area contributed by atoms with E-state index in [2.05, 4.69) is 30.8 Å². The summed E-state index contributed by atoms with van der Waals surface area (Å²) in [7, 11) is 0. The van der Waals surface area contributed by atoms with Crippen molar-refractivity contribution in [3.8, 4) is 0 Å². The van der Waals surface area contributed by atoms with Gasteiger partial charge in [0, 0.05) is 19.2 Å². The molecule has 4 nitrogen and oxygen atoms in total. The molecule has 2 rings (SSSR count). The van der Waals surface area contributed by atoms with Gasteiger partial charge in [-0.3, -0.25) is 14.4 Å². The Morgan fingerprint density at radius 2 is 1.95 bits per heavy atom. The van der Waals surface area contributed by atoms with Crippen molar-refractivity contribution in [1.82, 2.24) is 14.7 Å². The Balaban J connectivity index is 2.15. The van der Waals surface area contributed by atoms with Crippen LogP contribution in [0.4, 0.5) is 0 Å². The lowest BCUT2D eigenvalue weighted by atomic mass is 9.86. The van der Waals surface area contributed by atoms with Gasteiger partial charge in [0.25, 0.3) is 0 Å². The fraction of sp³-hybridized carbons (Fsp3) is 0.750. The summed E-state index contributed by atoms with van der Waals surface area (Å²) in [5, 5.41) is 4.27. The smallest absolute Gasteiger partial charge is 0.157 e. The van der Waals surface area contributed by atoms with Crippen LogP contribution in [0.2, 0.25) is 0 Å². The van der Waals surface area contributed by atoms with E-state index in [1.807, 2.05) is 17.1 Å². The molecule has 20 heavy (non-hydrogen) atoms. The molecule has 112 valence electrons. The van der Waals surface area contributed by atoms with Crippen molar-refractivity contribution in [2.24, 2.45) is 0 Å². The van der Waals surface area contributed by atoms with E-state index in [1.165, 1.54) is 12.8 Å². The molecule has 4 heteroatoms. The molecule has 1 aromatic rings. The van der Waals surface area contributed by atoms with Crippen molar-refractivity contribution in [3.63, 3.8) is 0 Å². The fourth-order valence-electron chi connectivity index (χ4n) is 3.58. The third-order valence-corrected chi connectivity index (χ3v) is 4.69. The molecule has 0 radical (unpaired) electrons. The Bertz CT molecular complexity index is 442. The van der Waals surface area contributed by atoms with Gasteiger partial charge in [0.1, 0.15) is 0 Å². The highest BCUT2D eigenvalue weighted by atomic mass is 16.1. The number of nitrogens with zero attached hydrogens (tertiary/aromatic N) is 3. The van der Waals surface area contributed by atoms with Gasteiger partial charge in [-0.25, -0.2) is 0 Å². The number of aromatic nitrogens is 2. The van der Waals surface area contributed by atoms with E-state index in [0.717, 1.165) is 38.0 Å². The monoisotopic (exact) mass is 277 g/mol. The van der Waals surface area contributed by atoms with Gasteiger partial charge in [-0.15, -0.1) is 0 Å². The first-order valence-corrected chi connectivity index (χ1v) is 7.96. The van der Waals surface area contributed by atoms with Crippen LogP contribution >= 0.6 is 0 Å². The molecule has 0 spiro atoms. The number of Topliss-reactive ketones (excluding diaryl/α,β-unsaturated/α-hetero) is 1. The van der Waals surface area contributed by atoms with Gasteiger partial charge in [-0.1, -0.05) is 26.7 Å². The minimum absolute atomic E-state index is 0.211. The van der Waals surface area contributed by atoms with Crippen LogP contribution < -0.4 is 0 Å². The molecule has 0 unspecified atom stereocenters. The summed E-state index contributed by atoms with van der Waals surface area (Å²) in [5.74, 6) is 0.384. The van der Waals surface area contributed by atoms with Gasteiger partial charge in [-0.05, 0) is 38.4 Å². The Labute approximate surface area is 122 Å². The van der Waals surface area contributed by atoms with Crippen LogP contribution in [-0.2, 0) is 17.8 Å². The highest BCUT2D eigenvalue weighted by Gasteiger charge is 2.44. The Morgan fingerprint density at radius 1 is 1.30 bits per heavy atom. The standard InChI is InChI=1S/C16H27N3O/c1-4-18(5-2)16(9-7-8-10-16)15(20)11-14-12-17-19(6-3)13-14/h12-13H,4-11H2,1-3H3. The zero-order chi connectivity index (χ0) is 14.6. The van der Waals surface area contributed by atoms with Crippen molar-refractivity contribution in [2.45, 2.75) is 65.0 Å². The number of hydrogen-bond acceptors (Lipinski definition) is 3. The topological polar surface area (TPSA) is 38.1 Å². The van der Waals surface area contributed by atoms with E-state index >= 15 is 0 Å². The second-order valence-electron chi connectivity index (χ2n) is 5.72. The molecule has 0 saturated heterocycles. The number of rotatable bonds is 7. The summed E-state index contributed by atoms with van der Waals surface area (Å²) in [6.07, 6.45) is 8.77. The lowest BCUT2D eigenvalue weighted by molar-refractivity contribution is -0.130. The highest BCUT2D eigenvalue weighted by Crippen LogP contribution is 2.36. The van der Waals surface area contributed by atoms with Gasteiger partial charge in [0.05, 0.1) is 11.7 Å². The predicted octanol–water partition coefficient (Wildman–Crippen LogP) is 2.67. The molecule has 0 aliphatic heterocycles. The SMILES string of the molecule is CCN(CC)C1(C(=O)Cc2cnn(CC)c2)CCCC1. The first-order chi connectivity index (χ1) is 9.66. The summed E-state index contributed by atoms with van der Waals surface area (Å²) >= 11 is 0. The molecule has 0 amide bonds. The van der Waals surface area contributed by atoms with Crippen LogP contribution in [0.15, 0.2) is 12.4 Å². The molecule has 0 aromatic carbocycles. The number of carbonyl (C=O) groups excluding carboxylic acids is 1. The highest BCUT2D eigenvalue weighted by molar-refractivity contribution is 5.90. The maximum absolute atomic E-state index is 12.9. The molecule has 0 atom stereocenters. The average Bonchev–Trinajstić information content (AvgIpc) is 3.10. The average molecular weight is 277 g/mol. The number of likely N-dealkylation sites (N-methyl/N-ethyl adjacent to an activating group) is 1. The zero-order valence-electron chi connectivity index (χ0n) is 13.1. The third kappa shape index (κ3) is 2.80. The lowest BCUT2D eigenvalue weighted by Gasteiger charge is -2.39. The van der Waals surface area contributed by atoms with Gasteiger partial charge < -0.3 is 0 Å². The van der Waals surface area contributed by atoms with Gasteiger partial charge in [-0.2, -0.15) is 5.10 Å². The quantitative estimate of drug-likeness (QED) is 0.769. The number of carbonyl (C=O) groups is 1. The zero-order valence-corrected chi connectivity index (χ0v) is 13.1. The second kappa shape index (κ2) is 6.53. The molecule has 0 bridgehead atoms. The normalized spacial score (nSPS) is 17.8. The minimum Gasteiger partial charge on any atom is -0.297 e. The van der Waals surface area contributed by atoms with Gasteiger partial charge in [0.2, 0.25) is 0 Å². The van der Waals surface area contributed by atoms with Crippen LogP contribution in [-0.4, -0.2) is 39.1 Å². The maximum Gasteiger partial charge on any atom is 0.157 e. The molecule has 1 saturated carbocycles. The molecule has 1 aliphatic rings. The number of ketones is 1. The predicted molar refractivity (Wildman–Crippen MR) is 80.7 cm³/mol. The van der Waals surface area contributed by atoms with Crippen molar-refractivity contribution >= 4 is 5.78 Å². The molecule has 1 fully saturated rings. The summed E-state index contributed by atoms with van der Waals surface area (Å²) < 4.78 is 1.89. The summed E-state index contributed by atoms with van der Waals surface area (Å²) in [5.41, 5.74) is 0.841. The first kappa shape index (κ1) is 15.2. The Hall–Kier alpha value is -1.16. The number of aryl methyl sites for hydroxylation is 1. The van der Waals surface area contributed by atoms with E-state index in [1.54, 1.807) is 0 Å². The van der Waals surface area contributed by atoms with Crippen LogP contribution in [0.1, 0.15) is 52.0 Å². The fourth-order valence-corrected chi connectivity index (χ4v) is 3.58. The van der Waals surface area contributed by atoms with Crippen LogP contribution in [0.3, 0.4) is 0 Å². The molecule has 1 aliphatic carbocycles. The van der Waals surface area contributed by atoms with Crippen molar-refractivity contribution in [3.05, 3.63) is 18.0 Å².